The highest BCUT2D eigenvalue weighted by molar-refractivity contribution is 8.05. The summed E-state index contributed by atoms with van der Waals surface area (Å²) in [5.41, 5.74) is 0. The molecule has 9 heteroatoms. The van der Waals surface area contributed by atoms with Gasteiger partial charge in [0.25, 0.3) is 0 Å². The summed E-state index contributed by atoms with van der Waals surface area (Å²) in [6, 6.07) is 0. The first-order chi connectivity index (χ1) is 6.64. The molecule has 0 spiro atoms. The Balaban J connectivity index is 2.71. The van der Waals surface area contributed by atoms with Crippen molar-refractivity contribution in [3.63, 3.8) is 0 Å². The van der Waals surface area contributed by atoms with Crippen LogP contribution >= 0.6 is 0 Å². The molecule has 1 fully saturated rings. The average Bonchev–Trinajstić information content (AvgIpc) is 2.38. The molecule has 86 valence electrons. The molecule has 2 heterocycles. The van der Waals surface area contributed by atoms with Crippen LogP contribution in [0, 0.1) is 0 Å². The molecule has 6 nitrogen and oxygen atoms in total. The Labute approximate surface area is 87.7 Å². The lowest BCUT2D eigenvalue weighted by Crippen LogP contribution is -2.38. The molecule has 0 radical (unpaired) electrons. The first-order valence-corrected chi connectivity index (χ1v) is 9.11. The molecule has 0 amide bonds. The monoisotopic (exact) mass is 272 g/mol. The summed E-state index contributed by atoms with van der Waals surface area (Å²) in [5.74, 6) is -1.65. The molecule has 0 saturated carbocycles. The first kappa shape index (κ1) is 11.1. The van der Waals surface area contributed by atoms with Gasteiger partial charge in [0.2, 0.25) is 0 Å². The van der Waals surface area contributed by atoms with Gasteiger partial charge in [0.05, 0.1) is 22.2 Å². The van der Waals surface area contributed by atoms with E-state index in [1.807, 2.05) is 0 Å². The zero-order valence-electron chi connectivity index (χ0n) is 7.45. The third-order valence-electron chi connectivity index (χ3n) is 2.43. The summed E-state index contributed by atoms with van der Waals surface area (Å²) in [7, 11) is -11.0. The zero-order valence-corrected chi connectivity index (χ0v) is 9.90. The lowest BCUT2D eigenvalue weighted by Gasteiger charge is -2.19. The van der Waals surface area contributed by atoms with Crippen LogP contribution in [-0.4, -0.2) is 47.8 Å². The van der Waals surface area contributed by atoms with Crippen molar-refractivity contribution in [2.45, 2.75) is 5.25 Å². The third kappa shape index (κ3) is 1.72. The van der Waals surface area contributed by atoms with Crippen LogP contribution in [0.4, 0.5) is 0 Å². The van der Waals surface area contributed by atoms with Gasteiger partial charge in [0.15, 0.2) is 29.5 Å². The molecule has 0 aromatic carbocycles. The van der Waals surface area contributed by atoms with Crippen molar-refractivity contribution in [2.75, 3.05) is 17.3 Å². The van der Waals surface area contributed by atoms with Crippen molar-refractivity contribution in [2.24, 2.45) is 0 Å². The second-order valence-electron chi connectivity index (χ2n) is 3.52. The van der Waals surface area contributed by atoms with Crippen LogP contribution in [0.25, 0.3) is 0 Å². The van der Waals surface area contributed by atoms with Crippen LogP contribution in [0.3, 0.4) is 0 Å². The van der Waals surface area contributed by atoms with Crippen LogP contribution in [0.5, 0.6) is 0 Å². The second-order valence-corrected chi connectivity index (χ2v) is 9.83. The zero-order chi connectivity index (χ0) is 11.5. The normalized spacial score (nSPS) is 35.5. The van der Waals surface area contributed by atoms with Crippen molar-refractivity contribution >= 4 is 29.5 Å². The Hall–Kier alpha value is -0.410. The molecule has 0 bridgehead atoms. The van der Waals surface area contributed by atoms with Gasteiger partial charge in [-0.25, -0.2) is 25.3 Å². The summed E-state index contributed by atoms with van der Waals surface area (Å²) >= 11 is 0. The highest BCUT2D eigenvalue weighted by Crippen LogP contribution is 2.32. The van der Waals surface area contributed by atoms with Crippen LogP contribution < -0.4 is 0 Å². The van der Waals surface area contributed by atoms with Crippen molar-refractivity contribution in [1.29, 1.82) is 0 Å². The summed E-state index contributed by atoms with van der Waals surface area (Å²) in [5, 5.41) is -0.787. The van der Waals surface area contributed by atoms with Gasteiger partial charge in [-0.1, -0.05) is 0 Å². The van der Waals surface area contributed by atoms with Gasteiger partial charge >= 0.3 is 0 Å². The van der Waals surface area contributed by atoms with Gasteiger partial charge in [-0.15, -0.1) is 0 Å². The fraction of sp³-hybridized carbons (Fsp3) is 0.667. The third-order valence-corrected chi connectivity index (χ3v) is 8.53. The summed E-state index contributed by atoms with van der Waals surface area (Å²) in [6.45, 7) is 0. The maximum Gasteiger partial charge on any atom is 0.177 e. The van der Waals surface area contributed by atoms with E-state index in [4.69, 9.17) is 0 Å². The summed E-state index contributed by atoms with van der Waals surface area (Å²) in [6.07, 6.45) is 0. The van der Waals surface area contributed by atoms with Crippen molar-refractivity contribution in [3.8, 4) is 0 Å². The molecule has 1 unspecified atom stereocenters. The molecule has 0 aromatic rings. The molecule has 15 heavy (non-hydrogen) atoms. The molecular formula is C6H8O6S3. The van der Waals surface area contributed by atoms with Crippen molar-refractivity contribution in [3.05, 3.63) is 10.3 Å². The van der Waals surface area contributed by atoms with Gasteiger partial charge in [-0.3, -0.25) is 0 Å². The molecule has 1 atom stereocenters. The van der Waals surface area contributed by atoms with Gasteiger partial charge in [-0.2, -0.15) is 0 Å². The lowest BCUT2D eigenvalue weighted by atomic mass is 10.5. The van der Waals surface area contributed by atoms with Crippen molar-refractivity contribution < 1.29 is 25.3 Å². The average molecular weight is 272 g/mol. The fourth-order valence-electron chi connectivity index (χ4n) is 1.63. The standard InChI is InChI=1S/C6H8O6S3/c7-13(8)3-5-6(4-13)15(11,12)2-1-14(5,9)10/h3,6H,1-2,4H2. The van der Waals surface area contributed by atoms with Crippen LogP contribution in [0.1, 0.15) is 0 Å². The predicted molar refractivity (Wildman–Crippen MR) is 53.2 cm³/mol. The Kier molecular flexibility index (Phi) is 2.09. The highest BCUT2D eigenvalue weighted by Gasteiger charge is 2.48. The van der Waals surface area contributed by atoms with E-state index in [0.29, 0.717) is 5.41 Å². The van der Waals surface area contributed by atoms with Gasteiger partial charge in [-0.05, 0) is 0 Å². The lowest BCUT2D eigenvalue weighted by molar-refractivity contribution is 0.576. The molecule has 0 N–H and O–H groups in total. The Morgan fingerprint density at radius 1 is 1.00 bits per heavy atom. The minimum absolute atomic E-state index is 0.450. The summed E-state index contributed by atoms with van der Waals surface area (Å²) < 4.78 is 68.2. The Bertz CT molecular complexity index is 633. The summed E-state index contributed by atoms with van der Waals surface area (Å²) in [4.78, 5) is -0.450. The van der Waals surface area contributed by atoms with E-state index in [1.54, 1.807) is 0 Å². The number of sulfone groups is 3. The van der Waals surface area contributed by atoms with Crippen LogP contribution in [-0.2, 0) is 29.5 Å². The minimum atomic E-state index is -3.70. The molecular weight excluding hydrogens is 264 g/mol. The quantitative estimate of drug-likeness (QED) is 0.530. The van der Waals surface area contributed by atoms with Crippen LogP contribution in [0.2, 0.25) is 0 Å². The number of rotatable bonds is 0. The van der Waals surface area contributed by atoms with E-state index in [0.717, 1.165) is 0 Å². The Morgan fingerprint density at radius 2 is 1.60 bits per heavy atom. The van der Waals surface area contributed by atoms with E-state index >= 15 is 0 Å². The second kappa shape index (κ2) is 2.83. The van der Waals surface area contributed by atoms with Gasteiger partial charge in [0.1, 0.15) is 5.25 Å². The van der Waals surface area contributed by atoms with E-state index in [-0.39, 0.29) is 0 Å². The topological polar surface area (TPSA) is 102 Å². The highest BCUT2D eigenvalue weighted by atomic mass is 32.2. The maximum absolute atomic E-state index is 11.5. The number of fused-ring (bicyclic) bond motifs is 1. The molecule has 2 rings (SSSR count). The SMILES string of the molecule is O=S1(=O)C=C2C(C1)S(=O)(=O)CCS2(=O)=O. The van der Waals surface area contributed by atoms with Gasteiger partial charge in [0, 0.05) is 5.41 Å². The van der Waals surface area contributed by atoms with Crippen molar-refractivity contribution in [1.82, 2.24) is 0 Å². The molecule has 0 aliphatic carbocycles. The predicted octanol–water partition coefficient (Wildman–Crippen LogP) is -1.53. The van der Waals surface area contributed by atoms with E-state index in [2.05, 4.69) is 0 Å². The van der Waals surface area contributed by atoms with E-state index in [1.165, 1.54) is 0 Å². The maximum atomic E-state index is 11.5. The van der Waals surface area contributed by atoms with E-state index in [9.17, 15) is 25.3 Å². The smallest absolute Gasteiger partial charge is 0.177 e. The molecule has 2 aliphatic rings. The van der Waals surface area contributed by atoms with Gasteiger partial charge < -0.3 is 0 Å². The largest absolute Gasteiger partial charge is 0.228 e. The molecule has 2 aliphatic heterocycles. The minimum Gasteiger partial charge on any atom is -0.228 e. The Morgan fingerprint density at radius 3 is 2.13 bits per heavy atom. The number of hydrogen-bond acceptors (Lipinski definition) is 6. The molecule has 0 aromatic heterocycles. The first-order valence-electron chi connectivity index (χ1n) is 4.03. The van der Waals surface area contributed by atoms with E-state index < -0.39 is 56.9 Å². The molecule has 1 saturated heterocycles. The fourth-order valence-corrected chi connectivity index (χ4v) is 9.58. The number of hydrogen-bond donors (Lipinski definition) is 0. The van der Waals surface area contributed by atoms with Crippen LogP contribution in [0.15, 0.2) is 10.3 Å².